The molecule has 0 atom stereocenters. The molecule has 0 spiro atoms. The van der Waals surface area contributed by atoms with Crippen molar-refractivity contribution in [3.63, 3.8) is 0 Å². The third kappa shape index (κ3) is 3.71. The zero-order chi connectivity index (χ0) is 17.9. The molecule has 0 radical (unpaired) electrons. The molecule has 2 heterocycles. The Morgan fingerprint density at radius 3 is 2.62 bits per heavy atom. The van der Waals surface area contributed by atoms with Crippen molar-refractivity contribution in [2.24, 2.45) is 0 Å². The summed E-state index contributed by atoms with van der Waals surface area (Å²) in [5, 5.41) is 12.0. The van der Waals surface area contributed by atoms with Gasteiger partial charge in [0.1, 0.15) is 5.01 Å². The first-order valence-corrected chi connectivity index (χ1v) is 10.1. The van der Waals surface area contributed by atoms with Crippen molar-refractivity contribution >= 4 is 23.1 Å². The third-order valence-electron chi connectivity index (χ3n) is 3.98. The Kier molecular flexibility index (Phi) is 4.86. The van der Waals surface area contributed by atoms with Crippen LogP contribution in [0.4, 0.5) is 0 Å². The Labute approximate surface area is 160 Å². The predicted molar refractivity (Wildman–Crippen MR) is 106 cm³/mol. The van der Waals surface area contributed by atoms with Gasteiger partial charge < -0.3 is 4.42 Å². The second-order valence-corrected chi connectivity index (χ2v) is 7.77. The molecule has 26 heavy (non-hydrogen) atoms. The summed E-state index contributed by atoms with van der Waals surface area (Å²) < 4.78 is 5.79. The average molecular weight is 380 g/mol. The molecule has 6 heteroatoms. The van der Waals surface area contributed by atoms with Crippen LogP contribution in [0.15, 0.2) is 63.6 Å². The SMILES string of the molecule is Cc1ccc(-c2nc(CSc3nnc(-c4ccccc4C)o3)cs2)cc1. The fourth-order valence-corrected chi connectivity index (χ4v) is 4.11. The molecule has 0 saturated carbocycles. The summed E-state index contributed by atoms with van der Waals surface area (Å²) in [6, 6.07) is 16.4. The van der Waals surface area contributed by atoms with Gasteiger partial charge in [0.2, 0.25) is 5.89 Å². The smallest absolute Gasteiger partial charge is 0.277 e. The predicted octanol–water partition coefficient (Wildman–Crippen LogP) is 5.77. The summed E-state index contributed by atoms with van der Waals surface area (Å²) in [5.74, 6) is 1.27. The second-order valence-electron chi connectivity index (χ2n) is 5.99. The molecule has 0 aliphatic carbocycles. The van der Waals surface area contributed by atoms with Gasteiger partial charge in [-0.2, -0.15) is 0 Å². The Morgan fingerprint density at radius 2 is 1.81 bits per heavy atom. The van der Waals surface area contributed by atoms with Gasteiger partial charge in [-0.3, -0.25) is 0 Å². The van der Waals surface area contributed by atoms with E-state index in [2.05, 4.69) is 46.8 Å². The lowest BCUT2D eigenvalue weighted by atomic mass is 10.1. The zero-order valence-electron chi connectivity index (χ0n) is 14.5. The van der Waals surface area contributed by atoms with Crippen molar-refractivity contribution in [2.75, 3.05) is 0 Å². The summed E-state index contributed by atoms with van der Waals surface area (Å²) in [4.78, 5) is 4.71. The molecular weight excluding hydrogens is 362 g/mol. The van der Waals surface area contributed by atoms with Crippen LogP contribution >= 0.6 is 23.1 Å². The molecule has 4 rings (SSSR count). The van der Waals surface area contributed by atoms with Crippen LogP contribution in [0.3, 0.4) is 0 Å². The van der Waals surface area contributed by atoms with Crippen LogP contribution in [-0.2, 0) is 5.75 Å². The molecule has 0 saturated heterocycles. The highest BCUT2D eigenvalue weighted by Gasteiger charge is 2.12. The van der Waals surface area contributed by atoms with Crippen LogP contribution < -0.4 is 0 Å². The normalized spacial score (nSPS) is 11.0. The Balaban J connectivity index is 1.44. The van der Waals surface area contributed by atoms with Crippen molar-refractivity contribution in [2.45, 2.75) is 24.8 Å². The maximum atomic E-state index is 5.79. The second kappa shape index (κ2) is 7.43. The zero-order valence-corrected chi connectivity index (χ0v) is 16.1. The minimum absolute atomic E-state index is 0.559. The van der Waals surface area contributed by atoms with Crippen molar-refractivity contribution < 1.29 is 4.42 Å². The lowest BCUT2D eigenvalue weighted by Gasteiger charge is -1.98. The standard InChI is InChI=1S/C20H17N3OS2/c1-13-7-9-15(10-8-13)19-21-16(11-25-19)12-26-20-23-22-18(24-20)17-6-4-3-5-14(17)2/h3-11H,12H2,1-2H3. The van der Waals surface area contributed by atoms with Gasteiger partial charge in [0.25, 0.3) is 5.22 Å². The molecule has 130 valence electrons. The highest BCUT2D eigenvalue weighted by molar-refractivity contribution is 7.98. The molecule has 0 unspecified atom stereocenters. The molecule has 0 aliphatic heterocycles. The Morgan fingerprint density at radius 1 is 1.00 bits per heavy atom. The number of rotatable bonds is 5. The molecule has 0 bridgehead atoms. The number of thioether (sulfide) groups is 1. The maximum Gasteiger partial charge on any atom is 0.277 e. The molecule has 2 aromatic heterocycles. The first kappa shape index (κ1) is 17.0. The van der Waals surface area contributed by atoms with Crippen molar-refractivity contribution in [3.05, 3.63) is 70.7 Å². The fraction of sp³-hybridized carbons (Fsp3) is 0.150. The number of aryl methyl sites for hydroxylation is 2. The van der Waals surface area contributed by atoms with Gasteiger partial charge in [0.15, 0.2) is 0 Å². The summed E-state index contributed by atoms with van der Waals surface area (Å²) >= 11 is 3.17. The first-order chi connectivity index (χ1) is 12.7. The van der Waals surface area contributed by atoms with Crippen LogP contribution in [0.2, 0.25) is 0 Å². The van der Waals surface area contributed by atoms with Crippen LogP contribution in [0.5, 0.6) is 0 Å². The number of thiazole rings is 1. The summed E-state index contributed by atoms with van der Waals surface area (Å²) in [7, 11) is 0. The maximum absolute atomic E-state index is 5.79. The van der Waals surface area contributed by atoms with E-state index in [1.54, 1.807) is 11.3 Å². The summed E-state index contributed by atoms with van der Waals surface area (Å²) in [6.07, 6.45) is 0. The lowest BCUT2D eigenvalue weighted by molar-refractivity contribution is 0.465. The molecule has 0 fully saturated rings. The number of benzene rings is 2. The van der Waals surface area contributed by atoms with Gasteiger partial charge in [-0.15, -0.1) is 21.5 Å². The average Bonchev–Trinajstić information content (AvgIpc) is 3.30. The van der Waals surface area contributed by atoms with Gasteiger partial charge in [-0.25, -0.2) is 4.98 Å². The minimum Gasteiger partial charge on any atom is -0.411 e. The van der Waals surface area contributed by atoms with E-state index in [1.807, 2.05) is 31.2 Å². The van der Waals surface area contributed by atoms with Gasteiger partial charge >= 0.3 is 0 Å². The molecule has 4 nitrogen and oxygen atoms in total. The number of hydrogen-bond acceptors (Lipinski definition) is 6. The van der Waals surface area contributed by atoms with E-state index in [9.17, 15) is 0 Å². The highest BCUT2D eigenvalue weighted by Crippen LogP contribution is 2.29. The molecule has 0 amide bonds. The Hall–Kier alpha value is -2.44. The highest BCUT2D eigenvalue weighted by atomic mass is 32.2. The van der Waals surface area contributed by atoms with E-state index < -0.39 is 0 Å². The molecule has 0 N–H and O–H groups in total. The first-order valence-electron chi connectivity index (χ1n) is 8.23. The third-order valence-corrected chi connectivity index (χ3v) is 5.77. The van der Waals surface area contributed by atoms with Crippen LogP contribution in [0, 0.1) is 13.8 Å². The number of aromatic nitrogens is 3. The van der Waals surface area contributed by atoms with E-state index in [1.165, 1.54) is 17.3 Å². The van der Waals surface area contributed by atoms with E-state index in [0.29, 0.717) is 16.9 Å². The monoisotopic (exact) mass is 379 g/mol. The van der Waals surface area contributed by atoms with Crippen molar-refractivity contribution in [1.29, 1.82) is 0 Å². The van der Waals surface area contributed by atoms with E-state index in [0.717, 1.165) is 27.4 Å². The molecule has 0 aliphatic rings. The fourth-order valence-electron chi connectivity index (χ4n) is 2.53. The molecule has 2 aromatic carbocycles. The topological polar surface area (TPSA) is 51.8 Å². The molecule has 4 aromatic rings. The quantitative estimate of drug-likeness (QED) is 0.412. The van der Waals surface area contributed by atoms with Crippen LogP contribution in [0.1, 0.15) is 16.8 Å². The summed E-state index contributed by atoms with van der Waals surface area (Å²) in [5.41, 5.74) is 5.52. The number of hydrogen-bond donors (Lipinski definition) is 0. The van der Waals surface area contributed by atoms with Crippen LogP contribution in [-0.4, -0.2) is 15.2 Å². The van der Waals surface area contributed by atoms with E-state index in [4.69, 9.17) is 9.40 Å². The van der Waals surface area contributed by atoms with Crippen LogP contribution in [0.25, 0.3) is 22.0 Å². The summed E-state index contributed by atoms with van der Waals surface area (Å²) in [6.45, 7) is 4.12. The largest absolute Gasteiger partial charge is 0.411 e. The van der Waals surface area contributed by atoms with Gasteiger partial charge in [-0.1, -0.05) is 59.8 Å². The molecular formula is C20H17N3OS2. The van der Waals surface area contributed by atoms with Gasteiger partial charge in [0.05, 0.1) is 5.69 Å². The Bertz CT molecular complexity index is 1020. The van der Waals surface area contributed by atoms with Gasteiger partial charge in [-0.05, 0) is 25.5 Å². The lowest BCUT2D eigenvalue weighted by Crippen LogP contribution is -1.82. The van der Waals surface area contributed by atoms with E-state index >= 15 is 0 Å². The van der Waals surface area contributed by atoms with E-state index in [-0.39, 0.29) is 0 Å². The minimum atomic E-state index is 0.559. The van der Waals surface area contributed by atoms with Crippen molar-refractivity contribution in [3.8, 4) is 22.0 Å². The number of nitrogens with zero attached hydrogens (tertiary/aromatic N) is 3. The van der Waals surface area contributed by atoms with Crippen molar-refractivity contribution in [1.82, 2.24) is 15.2 Å². The van der Waals surface area contributed by atoms with Gasteiger partial charge in [0, 0.05) is 22.3 Å².